The number of rotatable bonds is 5. The van der Waals surface area contributed by atoms with Crippen molar-refractivity contribution >= 4 is 17.3 Å². The zero-order chi connectivity index (χ0) is 16.8. The van der Waals surface area contributed by atoms with Crippen molar-refractivity contribution in [1.29, 1.82) is 0 Å². The van der Waals surface area contributed by atoms with Gasteiger partial charge < -0.3 is 10.2 Å². The van der Waals surface area contributed by atoms with Gasteiger partial charge >= 0.3 is 0 Å². The highest BCUT2D eigenvalue weighted by molar-refractivity contribution is 7.09. The lowest BCUT2D eigenvalue weighted by atomic mass is 10.1. The molecule has 0 radical (unpaired) electrons. The third-order valence-corrected chi connectivity index (χ3v) is 4.15. The number of hydrogen-bond acceptors (Lipinski definition) is 3. The molecular formula is C16H20F2N4S. The van der Waals surface area contributed by atoms with Crippen LogP contribution in [-0.4, -0.2) is 36.5 Å². The highest BCUT2D eigenvalue weighted by Gasteiger charge is 2.09. The number of halogens is 2. The molecule has 0 aliphatic rings. The fraction of sp³-hybridized carbons (Fsp3) is 0.375. The number of guanidine groups is 1. The van der Waals surface area contributed by atoms with E-state index in [2.05, 4.69) is 15.3 Å². The van der Waals surface area contributed by atoms with Crippen molar-refractivity contribution in [2.45, 2.75) is 19.9 Å². The molecule has 0 unspecified atom stereocenters. The second kappa shape index (κ2) is 8.01. The smallest absolute Gasteiger partial charge is 0.193 e. The van der Waals surface area contributed by atoms with Gasteiger partial charge in [0.15, 0.2) is 5.96 Å². The van der Waals surface area contributed by atoms with Gasteiger partial charge in [-0.3, -0.25) is 4.99 Å². The molecule has 23 heavy (non-hydrogen) atoms. The molecule has 4 nitrogen and oxygen atoms in total. The maximum absolute atomic E-state index is 13.6. The largest absolute Gasteiger partial charge is 0.356 e. The van der Waals surface area contributed by atoms with Gasteiger partial charge in [-0.2, -0.15) is 0 Å². The Hall–Kier alpha value is -2.02. The lowest BCUT2D eigenvalue weighted by Crippen LogP contribution is -2.39. The van der Waals surface area contributed by atoms with Crippen LogP contribution in [0.1, 0.15) is 16.3 Å². The first-order chi connectivity index (χ1) is 11.0. The second-order valence-electron chi connectivity index (χ2n) is 5.17. The summed E-state index contributed by atoms with van der Waals surface area (Å²) < 4.78 is 26.5. The van der Waals surface area contributed by atoms with Gasteiger partial charge in [0.2, 0.25) is 0 Å². The molecule has 0 fully saturated rings. The quantitative estimate of drug-likeness (QED) is 0.673. The minimum atomic E-state index is -0.562. The predicted octanol–water partition coefficient (Wildman–Crippen LogP) is 2.98. The van der Waals surface area contributed by atoms with Crippen molar-refractivity contribution < 1.29 is 8.78 Å². The van der Waals surface area contributed by atoms with E-state index in [0.717, 1.165) is 16.8 Å². The van der Waals surface area contributed by atoms with E-state index in [1.54, 1.807) is 18.4 Å². The van der Waals surface area contributed by atoms with Crippen LogP contribution in [0.25, 0.3) is 0 Å². The first kappa shape index (κ1) is 17.3. The van der Waals surface area contributed by atoms with Crippen molar-refractivity contribution in [1.82, 2.24) is 15.2 Å². The van der Waals surface area contributed by atoms with Crippen molar-refractivity contribution in [3.8, 4) is 0 Å². The van der Waals surface area contributed by atoms with Crippen molar-refractivity contribution in [2.24, 2.45) is 4.99 Å². The standard InChI is InChI=1S/C16H20F2N4S/c1-11-21-14(10-23-11)9-22(3)16(19-2)20-7-6-12-4-5-13(17)8-15(12)18/h4-5,8,10H,6-7,9H2,1-3H3,(H,19,20). The molecule has 0 spiro atoms. The number of aliphatic imine (C=N–C) groups is 1. The molecule has 2 rings (SSSR count). The topological polar surface area (TPSA) is 40.5 Å². The van der Waals surface area contributed by atoms with E-state index in [1.807, 2.05) is 24.3 Å². The average molecular weight is 338 g/mol. The van der Waals surface area contributed by atoms with Gasteiger partial charge in [0.25, 0.3) is 0 Å². The Balaban J connectivity index is 1.87. The average Bonchev–Trinajstić information content (AvgIpc) is 2.90. The van der Waals surface area contributed by atoms with Crippen LogP contribution in [0.2, 0.25) is 0 Å². The Morgan fingerprint density at radius 2 is 2.17 bits per heavy atom. The zero-order valence-electron chi connectivity index (χ0n) is 13.4. The molecule has 0 saturated carbocycles. The Morgan fingerprint density at radius 1 is 1.39 bits per heavy atom. The molecule has 0 saturated heterocycles. The molecule has 0 bridgehead atoms. The minimum Gasteiger partial charge on any atom is -0.356 e. The maximum atomic E-state index is 13.6. The van der Waals surface area contributed by atoms with Gasteiger partial charge in [-0.25, -0.2) is 13.8 Å². The number of hydrogen-bond donors (Lipinski definition) is 1. The van der Waals surface area contributed by atoms with Crippen LogP contribution < -0.4 is 5.32 Å². The van der Waals surface area contributed by atoms with Crippen LogP contribution >= 0.6 is 11.3 Å². The third kappa shape index (κ3) is 4.99. The van der Waals surface area contributed by atoms with Crippen LogP contribution in [-0.2, 0) is 13.0 Å². The Morgan fingerprint density at radius 3 is 2.78 bits per heavy atom. The monoisotopic (exact) mass is 338 g/mol. The third-order valence-electron chi connectivity index (χ3n) is 3.33. The number of aromatic nitrogens is 1. The maximum Gasteiger partial charge on any atom is 0.193 e. The summed E-state index contributed by atoms with van der Waals surface area (Å²) in [7, 11) is 3.62. The van der Waals surface area contributed by atoms with E-state index in [-0.39, 0.29) is 0 Å². The van der Waals surface area contributed by atoms with Crippen LogP contribution in [0.15, 0.2) is 28.6 Å². The summed E-state index contributed by atoms with van der Waals surface area (Å²) in [6.45, 7) is 3.13. The van der Waals surface area contributed by atoms with E-state index in [4.69, 9.17) is 0 Å². The van der Waals surface area contributed by atoms with Gasteiger partial charge in [-0.1, -0.05) is 6.07 Å². The molecule has 0 atom stereocenters. The highest BCUT2D eigenvalue weighted by atomic mass is 32.1. The van der Waals surface area contributed by atoms with Crippen LogP contribution in [0.3, 0.4) is 0 Å². The number of benzene rings is 1. The molecule has 1 heterocycles. The van der Waals surface area contributed by atoms with Crippen LogP contribution in [0, 0.1) is 18.6 Å². The molecule has 1 aromatic carbocycles. The summed E-state index contributed by atoms with van der Waals surface area (Å²) in [5, 5.41) is 6.23. The Bertz CT molecular complexity index is 684. The fourth-order valence-corrected chi connectivity index (χ4v) is 2.82. The van der Waals surface area contributed by atoms with Gasteiger partial charge in [-0.05, 0) is 25.0 Å². The molecule has 124 valence electrons. The van der Waals surface area contributed by atoms with Gasteiger partial charge in [0.05, 0.1) is 17.2 Å². The summed E-state index contributed by atoms with van der Waals surface area (Å²) in [6, 6.07) is 3.64. The molecule has 1 N–H and O–H groups in total. The summed E-state index contributed by atoms with van der Waals surface area (Å²) in [6.07, 6.45) is 0.453. The Kier molecular flexibility index (Phi) is 6.04. The summed E-state index contributed by atoms with van der Waals surface area (Å²) in [5.41, 5.74) is 1.47. The van der Waals surface area contributed by atoms with Gasteiger partial charge in [0, 0.05) is 32.1 Å². The predicted molar refractivity (Wildman–Crippen MR) is 89.7 cm³/mol. The SMILES string of the molecule is CN=C(NCCc1ccc(F)cc1F)N(C)Cc1csc(C)n1. The summed E-state index contributed by atoms with van der Waals surface area (Å²) in [4.78, 5) is 10.6. The first-order valence-electron chi connectivity index (χ1n) is 7.26. The minimum absolute atomic E-state index is 0.453. The van der Waals surface area contributed by atoms with Gasteiger partial charge in [0.1, 0.15) is 11.6 Å². The van der Waals surface area contributed by atoms with Gasteiger partial charge in [-0.15, -0.1) is 11.3 Å². The molecule has 0 aliphatic carbocycles. The van der Waals surface area contributed by atoms with E-state index < -0.39 is 11.6 Å². The molecule has 7 heteroatoms. The first-order valence-corrected chi connectivity index (χ1v) is 8.14. The fourth-order valence-electron chi connectivity index (χ4n) is 2.22. The Labute approximate surface area is 138 Å². The number of thiazole rings is 1. The number of nitrogens with zero attached hydrogens (tertiary/aromatic N) is 3. The number of aryl methyl sites for hydroxylation is 1. The summed E-state index contributed by atoms with van der Waals surface area (Å²) in [5.74, 6) is -0.375. The lowest BCUT2D eigenvalue weighted by Gasteiger charge is -2.21. The summed E-state index contributed by atoms with van der Waals surface area (Å²) >= 11 is 1.61. The normalized spacial score (nSPS) is 11.6. The highest BCUT2D eigenvalue weighted by Crippen LogP contribution is 2.11. The van der Waals surface area contributed by atoms with Crippen molar-refractivity contribution in [2.75, 3.05) is 20.6 Å². The molecule has 1 aromatic heterocycles. The zero-order valence-corrected chi connectivity index (χ0v) is 14.3. The van der Waals surface area contributed by atoms with Crippen molar-refractivity contribution in [3.05, 3.63) is 51.5 Å². The van der Waals surface area contributed by atoms with E-state index >= 15 is 0 Å². The molecule has 0 aliphatic heterocycles. The van der Waals surface area contributed by atoms with Crippen LogP contribution in [0.5, 0.6) is 0 Å². The van der Waals surface area contributed by atoms with E-state index in [0.29, 0.717) is 31.0 Å². The molecular weight excluding hydrogens is 318 g/mol. The van der Waals surface area contributed by atoms with E-state index in [1.165, 1.54) is 12.1 Å². The number of nitrogens with one attached hydrogen (secondary N) is 1. The van der Waals surface area contributed by atoms with E-state index in [9.17, 15) is 8.78 Å². The molecule has 0 amide bonds. The molecule has 2 aromatic rings. The van der Waals surface area contributed by atoms with Crippen LogP contribution in [0.4, 0.5) is 8.78 Å². The van der Waals surface area contributed by atoms with Crippen molar-refractivity contribution in [3.63, 3.8) is 0 Å². The lowest BCUT2D eigenvalue weighted by molar-refractivity contribution is 0.470. The second-order valence-corrected chi connectivity index (χ2v) is 6.24.